The first-order valence-corrected chi connectivity index (χ1v) is 6.28. The van der Waals surface area contributed by atoms with Crippen molar-refractivity contribution in [2.75, 3.05) is 12.4 Å². The van der Waals surface area contributed by atoms with E-state index in [4.69, 9.17) is 9.84 Å². The molecule has 0 aliphatic carbocycles. The molecule has 1 rings (SSSR count). The molecule has 0 aromatic heterocycles. The molecular formula is C13H18N2O5. The number of nitro benzene ring substituents is 1. The summed E-state index contributed by atoms with van der Waals surface area (Å²) in [5.41, 5.74) is 0.482. The molecule has 0 aliphatic heterocycles. The van der Waals surface area contributed by atoms with Crippen LogP contribution in [0, 0.1) is 10.1 Å². The van der Waals surface area contributed by atoms with Crippen molar-refractivity contribution in [3.63, 3.8) is 0 Å². The fourth-order valence-electron chi connectivity index (χ4n) is 1.94. The average Bonchev–Trinajstić information content (AvgIpc) is 2.37. The standard InChI is InChI=1S/C13H18N2O5/c1-3-4-9(8-13(16)17)14-10-5-6-11(15(18)19)12(7-10)20-2/h5-7,9,14H,3-4,8H2,1-2H3,(H,16,17). The Balaban J connectivity index is 2.90. The first kappa shape index (κ1) is 15.7. The molecule has 0 spiro atoms. The van der Waals surface area contributed by atoms with Gasteiger partial charge in [-0.15, -0.1) is 0 Å². The molecule has 1 unspecified atom stereocenters. The van der Waals surface area contributed by atoms with Crippen molar-refractivity contribution < 1.29 is 19.6 Å². The van der Waals surface area contributed by atoms with Gasteiger partial charge in [-0.2, -0.15) is 0 Å². The first-order valence-electron chi connectivity index (χ1n) is 6.28. The number of hydrogen-bond acceptors (Lipinski definition) is 5. The molecule has 7 heteroatoms. The van der Waals surface area contributed by atoms with Gasteiger partial charge in [0.2, 0.25) is 0 Å². The van der Waals surface area contributed by atoms with Gasteiger partial charge in [0, 0.05) is 23.9 Å². The second-order valence-electron chi connectivity index (χ2n) is 4.37. The Morgan fingerprint density at radius 3 is 2.75 bits per heavy atom. The summed E-state index contributed by atoms with van der Waals surface area (Å²) < 4.78 is 4.97. The van der Waals surface area contributed by atoms with Gasteiger partial charge in [-0.1, -0.05) is 13.3 Å². The van der Waals surface area contributed by atoms with Crippen LogP contribution in [0.15, 0.2) is 18.2 Å². The minimum Gasteiger partial charge on any atom is -0.490 e. The summed E-state index contributed by atoms with van der Waals surface area (Å²) in [4.78, 5) is 21.1. The summed E-state index contributed by atoms with van der Waals surface area (Å²) >= 11 is 0. The monoisotopic (exact) mass is 282 g/mol. The largest absolute Gasteiger partial charge is 0.490 e. The van der Waals surface area contributed by atoms with Gasteiger partial charge in [0.25, 0.3) is 0 Å². The van der Waals surface area contributed by atoms with Crippen LogP contribution in [-0.2, 0) is 4.79 Å². The number of carboxylic acid groups (broad SMARTS) is 1. The molecule has 0 saturated carbocycles. The van der Waals surface area contributed by atoms with E-state index in [-0.39, 0.29) is 23.9 Å². The number of aliphatic carboxylic acids is 1. The fraction of sp³-hybridized carbons (Fsp3) is 0.462. The van der Waals surface area contributed by atoms with Crippen LogP contribution in [0.2, 0.25) is 0 Å². The van der Waals surface area contributed by atoms with Crippen molar-refractivity contribution in [3.8, 4) is 5.75 Å². The second-order valence-corrected chi connectivity index (χ2v) is 4.37. The minimum absolute atomic E-state index is 0.00680. The molecular weight excluding hydrogens is 264 g/mol. The number of carbonyl (C=O) groups is 1. The Kier molecular flexibility index (Phi) is 5.76. The summed E-state index contributed by atoms with van der Waals surface area (Å²) in [6.45, 7) is 1.97. The zero-order valence-corrected chi connectivity index (χ0v) is 11.5. The molecule has 20 heavy (non-hydrogen) atoms. The first-order chi connectivity index (χ1) is 9.47. The maximum Gasteiger partial charge on any atom is 0.311 e. The zero-order valence-electron chi connectivity index (χ0n) is 11.5. The van der Waals surface area contributed by atoms with E-state index in [1.807, 2.05) is 6.92 Å². The third-order valence-corrected chi connectivity index (χ3v) is 2.81. The molecule has 0 fully saturated rings. The summed E-state index contributed by atoms with van der Waals surface area (Å²) in [7, 11) is 1.35. The lowest BCUT2D eigenvalue weighted by Gasteiger charge is -2.17. The Labute approximate surface area is 116 Å². The third-order valence-electron chi connectivity index (χ3n) is 2.81. The van der Waals surface area contributed by atoms with E-state index < -0.39 is 10.9 Å². The smallest absolute Gasteiger partial charge is 0.311 e. The molecule has 110 valence electrons. The number of benzene rings is 1. The maximum absolute atomic E-state index is 10.8. The number of methoxy groups -OCH3 is 1. The van der Waals surface area contributed by atoms with Gasteiger partial charge in [-0.3, -0.25) is 14.9 Å². The van der Waals surface area contributed by atoms with Gasteiger partial charge < -0.3 is 15.2 Å². The second kappa shape index (κ2) is 7.32. The third kappa shape index (κ3) is 4.42. The van der Waals surface area contributed by atoms with Gasteiger partial charge in [0.15, 0.2) is 5.75 Å². The lowest BCUT2D eigenvalue weighted by atomic mass is 10.1. The maximum atomic E-state index is 10.8. The number of rotatable bonds is 8. The molecule has 7 nitrogen and oxygen atoms in total. The molecule has 1 atom stereocenters. The molecule has 0 heterocycles. The molecule has 1 aromatic rings. The van der Waals surface area contributed by atoms with Crippen LogP contribution in [-0.4, -0.2) is 29.2 Å². The summed E-state index contributed by atoms with van der Waals surface area (Å²) in [6.07, 6.45) is 1.54. The molecule has 0 saturated heterocycles. The number of nitro groups is 1. The molecule has 0 aliphatic rings. The van der Waals surface area contributed by atoms with Crippen LogP contribution < -0.4 is 10.1 Å². The van der Waals surface area contributed by atoms with E-state index in [2.05, 4.69) is 5.32 Å². The SMILES string of the molecule is CCCC(CC(=O)O)Nc1ccc([N+](=O)[O-])c(OC)c1. The highest BCUT2D eigenvalue weighted by Gasteiger charge is 2.17. The van der Waals surface area contributed by atoms with Crippen molar-refractivity contribution in [2.45, 2.75) is 32.2 Å². The highest BCUT2D eigenvalue weighted by atomic mass is 16.6. The van der Waals surface area contributed by atoms with Crippen LogP contribution in [0.1, 0.15) is 26.2 Å². The Bertz CT molecular complexity index is 490. The number of ether oxygens (including phenoxy) is 1. The zero-order chi connectivity index (χ0) is 15.1. The number of nitrogens with zero attached hydrogens (tertiary/aromatic N) is 1. The van der Waals surface area contributed by atoms with Crippen LogP contribution in [0.5, 0.6) is 5.75 Å². The topological polar surface area (TPSA) is 102 Å². The number of hydrogen-bond donors (Lipinski definition) is 2. The number of nitrogens with one attached hydrogen (secondary N) is 1. The normalized spacial score (nSPS) is 11.7. The van der Waals surface area contributed by atoms with E-state index in [9.17, 15) is 14.9 Å². The number of anilines is 1. The molecule has 1 aromatic carbocycles. The highest BCUT2D eigenvalue weighted by molar-refractivity contribution is 5.68. The quantitative estimate of drug-likeness (QED) is 0.561. The highest BCUT2D eigenvalue weighted by Crippen LogP contribution is 2.30. The van der Waals surface area contributed by atoms with E-state index in [0.717, 1.165) is 6.42 Å². The van der Waals surface area contributed by atoms with E-state index in [1.54, 1.807) is 6.07 Å². The predicted octanol–water partition coefficient (Wildman–Crippen LogP) is 2.66. The van der Waals surface area contributed by atoms with Crippen molar-refractivity contribution >= 4 is 17.3 Å². The van der Waals surface area contributed by atoms with Crippen LogP contribution >= 0.6 is 0 Å². The van der Waals surface area contributed by atoms with Crippen LogP contribution in [0.3, 0.4) is 0 Å². The minimum atomic E-state index is -0.884. The van der Waals surface area contributed by atoms with E-state index >= 15 is 0 Å². The Hall–Kier alpha value is -2.31. The fourth-order valence-corrected chi connectivity index (χ4v) is 1.94. The number of carboxylic acids is 1. The van der Waals surface area contributed by atoms with Gasteiger partial charge in [0.05, 0.1) is 18.5 Å². The van der Waals surface area contributed by atoms with Gasteiger partial charge in [-0.25, -0.2) is 0 Å². The summed E-state index contributed by atoms with van der Waals surface area (Å²) in [5.74, 6) is -0.740. The van der Waals surface area contributed by atoms with Gasteiger partial charge in [0.1, 0.15) is 0 Å². The Morgan fingerprint density at radius 1 is 1.55 bits per heavy atom. The average molecular weight is 282 g/mol. The summed E-state index contributed by atoms with van der Waals surface area (Å²) in [6, 6.07) is 4.17. The Morgan fingerprint density at radius 2 is 2.25 bits per heavy atom. The van der Waals surface area contributed by atoms with Crippen molar-refractivity contribution in [2.24, 2.45) is 0 Å². The van der Waals surface area contributed by atoms with Gasteiger partial charge in [-0.05, 0) is 12.5 Å². The van der Waals surface area contributed by atoms with Crippen LogP contribution in [0.4, 0.5) is 11.4 Å². The van der Waals surface area contributed by atoms with E-state index in [0.29, 0.717) is 12.1 Å². The van der Waals surface area contributed by atoms with Crippen molar-refractivity contribution in [3.05, 3.63) is 28.3 Å². The lowest BCUT2D eigenvalue weighted by Crippen LogP contribution is -2.22. The molecule has 0 bridgehead atoms. The van der Waals surface area contributed by atoms with Crippen molar-refractivity contribution in [1.29, 1.82) is 0 Å². The predicted molar refractivity (Wildman–Crippen MR) is 74.2 cm³/mol. The molecule has 0 amide bonds. The van der Waals surface area contributed by atoms with Gasteiger partial charge >= 0.3 is 11.7 Å². The molecule has 0 radical (unpaired) electrons. The summed E-state index contributed by atoms with van der Waals surface area (Å²) in [5, 5.41) is 22.7. The van der Waals surface area contributed by atoms with E-state index in [1.165, 1.54) is 19.2 Å². The van der Waals surface area contributed by atoms with Crippen molar-refractivity contribution in [1.82, 2.24) is 0 Å². The van der Waals surface area contributed by atoms with Crippen LogP contribution in [0.25, 0.3) is 0 Å². The molecule has 2 N–H and O–H groups in total. The lowest BCUT2D eigenvalue weighted by molar-refractivity contribution is -0.385.